The summed E-state index contributed by atoms with van der Waals surface area (Å²) in [5, 5.41) is 15.9. The third kappa shape index (κ3) is 10.8. The number of unbranched alkanes of at least 4 members (excludes halogenated alkanes) is 12. The largest absolute Gasteiger partial charge is 0.493 e. The Morgan fingerprint density at radius 3 is 0.964 bits per heavy atom. The second kappa shape index (κ2) is 22.3. The maximum atomic E-state index is 6.72. The molecule has 2 aromatic heterocycles. The first-order valence-electron chi connectivity index (χ1n) is 21.8. The van der Waals surface area contributed by atoms with E-state index in [2.05, 4.69) is 97.7 Å². The number of benzene rings is 4. The van der Waals surface area contributed by atoms with E-state index < -0.39 is 0 Å². The normalized spacial score (nSPS) is 11.6. The van der Waals surface area contributed by atoms with Gasteiger partial charge in [-0.05, 0) is 139 Å². The van der Waals surface area contributed by atoms with Gasteiger partial charge in [-0.1, -0.05) is 105 Å². The molecular weight excluding hydrogens is 729 g/mol. The van der Waals surface area contributed by atoms with Crippen molar-refractivity contribution in [3.8, 4) is 45.3 Å². The fourth-order valence-corrected chi connectivity index (χ4v) is 8.96. The molecule has 56 heavy (non-hydrogen) atoms. The van der Waals surface area contributed by atoms with Crippen LogP contribution in [0.15, 0.2) is 70.1 Å². The van der Waals surface area contributed by atoms with Crippen LogP contribution in [0, 0.1) is 0 Å². The third-order valence-corrected chi connectivity index (χ3v) is 12.2. The average molecular weight is 793 g/mol. The van der Waals surface area contributed by atoms with Crippen molar-refractivity contribution in [1.82, 2.24) is 0 Å². The van der Waals surface area contributed by atoms with Crippen LogP contribution in [0.3, 0.4) is 0 Å². The van der Waals surface area contributed by atoms with E-state index in [4.69, 9.17) is 18.9 Å². The molecule has 0 bridgehead atoms. The minimum absolute atomic E-state index is 0.681. The molecule has 0 aliphatic heterocycles. The van der Waals surface area contributed by atoms with Crippen LogP contribution < -0.4 is 18.9 Å². The number of hydrogen-bond donors (Lipinski definition) is 0. The van der Waals surface area contributed by atoms with Crippen LogP contribution in [0.5, 0.6) is 23.0 Å². The quantitative estimate of drug-likeness (QED) is 0.0405. The second-order valence-corrected chi connectivity index (χ2v) is 16.9. The number of fused-ring (bicyclic) bond motifs is 6. The molecule has 0 saturated carbocycles. The molecule has 0 aliphatic carbocycles. The first kappa shape index (κ1) is 41.9. The van der Waals surface area contributed by atoms with Gasteiger partial charge in [0.15, 0.2) is 11.5 Å². The van der Waals surface area contributed by atoms with Gasteiger partial charge in [-0.2, -0.15) is 22.7 Å². The molecule has 0 saturated heterocycles. The highest BCUT2D eigenvalue weighted by Crippen LogP contribution is 2.48. The smallest absolute Gasteiger partial charge is 0.161 e. The minimum Gasteiger partial charge on any atom is -0.493 e. The second-order valence-electron chi connectivity index (χ2n) is 15.3. The predicted octanol–water partition coefficient (Wildman–Crippen LogP) is 16.4. The van der Waals surface area contributed by atoms with Gasteiger partial charge in [0.05, 0.1) is 26.4 Å². The van der Waals surface area contributed by atoms with Gasteiger partial charge in [0.1, 0.15) is 11.5 Å². The molecular formula is C50H64O4S2. The lowest BCUT2D eigenvalue weighted by Crippen LogP contribution is -2.03. The molecule has 0 radical (unpaired) electrons. The van der Waals surface area contributed by atoms with E-state index in [9.17, 15) is 0 Å². The fraction of sp³-hybridized carbons (Fsp3) is 0.480. The molecule has 2 heterocycles. The summed E-state index contributed by atoms with van der Waals surface area (Å²) < 4.78 is 26.7. The number of ether oxygens (including phenoxy) is 4. The van der Waals surface area contributed by atoms with Crippen LogP contribution in [0.25, 0.3) is 54.6 Å². The van der Waals surface area contributed by atoms with Crippen molar-refractivity contribution in [3.63, 3.8) is 0 Å². The lowest BCUT2D eigenvalue weighted by atomic mass is 9.89. The summed E-state index contributed by atoms with van der Waals surface area (Å²) in [5.41, 5.74) is 4.65. The first-order chi connectivity index (χ1) is 27.7. The molecule has 6 aromatic rings. The van der Waals surface area contributed by atoms with Crippen LogP contribution >= 0.6 is 22.7 Å². The van der Waals surface area contributed by atoms with Crippen LogP contribution in [0.4, 0.5) is 0 Å². The summed E-state index contributed by atoms with van der Waals surface area (Å²) in [6.45, 7) is 11.8. The summed E-state index contributed by atoms with van der Waals surface area (Å²) >= 11 is 3.46. The molecule has 300 valence electrons. The van der Waals surface area contributed by atoms with E-state index in [1.165, 1.54) is 120 Å². The van der Waals surface area contributed by atoms with Crippen LogP contribution in [-0.2, 0) is 0 Å². The van der Waals surface area contributed by atoms with Gasteiger partial charge in [-0.25, -0.2) is 0 Å². The average Bonchev–Trinajstić information content (AvgIpc) is 3.96. The van der Waals surface area contributed by atoms with Gasteiger partial charge in [-0.3, -0.25) is 0 Å². The van der Waals surface area contributed by atoms with Crippen molar-refractivity contribution in [1.29, 1.82) is 0 Å². The molecule has 4 aromatic carbocycles. The van der Waals surface area contributed by atoms with Crippen LogP contribution in [0.2, 0.25) is 0 Å². The Kier molecular flexibility index (Phi) is 16.7. The highest BCUT2D eigenvalue weighted by Gasteiger charge is 2.21. The van der Waals surface area contributed by atoms with E-state index in [-0.39, 0.29) is 0 Å². The molecule has 0 spiro atoms. The van der Waals surface area contributed by atoms with Crippen molar-refractivity contribution in [2.24, 2.45) is 0 Å². The van der Waals surface area contributed by atoms with Gasteiger partial charge in [0.25, 0.3) is 0 Å². The Hall–Kier alpha value is -3.74. The standard InChI is InChI=1S/C50H64O4S2/c1-5-9-13-17-23-51-47-31-43-41(29-39(47)37-21-27-55-35-37)45-33-49(53-25-19-15-11-7-3)50(54-26-20-16-12-8-4)34-46(45)42-30-40(38-22-28-56-36-38)48(32-44(42)43)52-24-18-14-10-6-2/h21-22,27-36H,5-20,23-26H2,1-4H3. The van der Waals surface area contributed by atoms with Crippen molar-refractivity contribution in [3.05, 3.63) is 70.1 Å². The molecule has 0 atom stereocenters. The Balaban J connectivity index is 1.57. The first-order valence-corrected chi connectivity index (χ1v) is 23.7. The summed E-state index contributed by atoms with van der Waals surface area (Å²) in [7, 11) is 0. The molecule has 6 heteroatoms. The highest BCUT2D eigenvalue weighted by molar-refractivity contribution is 7.08. The van der Waals surface area contributed by atoms with E-state index >= 15 is 0 Å². The van der Waals surface area contributed by atoms with Crippen molar-refractivity contribution in [2.75, 3.05) is 26.4 Å². The Morgan fingerprint density at radius 2 is 0.661 bits per heavy atom. The maximum Gasteiger partial charge on any atom is 0.161 e. The van der Waals surface area contributed by atoms with Gasteiger partial charge in [0.2, 0.25) is 0 Å². The molecule has 0 fully saturated rings. The third-order valence-electron chi connectivity index (χ3n) is 10.9. The molecule has 4 nitrogen and oxygen atoms in total. The summed E-state index contributed by atoms with van der Waals surface area (Å²) in [6, 6.07) is 18.3. The van der Waals surface area contributed by atoms with Crippen molar-refractivity contribution < 1.29 is 18.9 Å². The lowest BCUT2D eigenvalue weighted by Gasteiger charge is -2.20. The summed E-state index contributed by atoms with van der Waals surface area (Å²) in [4.78, 5) is 0. The van der Waals surface area contributed by atoms with E-state index in [0.717, 1.165) is 59.8 Å². The van der Waals surface area contributed by atoms with Gasteiger partial charge in [-0.15, -0.1) is 0 Å². The number of hydrogen-bond acceptors (Lipinski definition) is 6. The summed E-state index contributed by atoms with van der Waals surface area (Å²) in [6.07, 6.45) is 18.6. The monoisotopic (exact) mass is 792 g/mol. The van der Waals surface area contributed by atoms with Crippen LogP contribution in [0.1, 0.15) is 130 Å². The van der Waals surface area contributed by atoms with Gasteiger partial charge >= 0.3 is 0 Å². The Labute approximate surface area is 344 Å². The maximum absolute atomic E-state index is 6.72. The Bertz CT molecular complexity index is 1900. The zero-order valence-electron chi connectivity index (χ0n) is 34.5. The summed E-state index contributed by atoms with van der Waals surface area (Å²) in [5.74, 6) is 3.56. The minimum atomic E-state index is 0.681. The topological polar surface area (TPSA) is 36.9 Å². The lowest BCUT2D eigenvalue weighted by molar-refractivity contribution is 0.259. The highest BCUT2D eigenvalue weighted by atomic mass is 32.1. The fourth-order valence-electron chi connectivity index (χ4n) is 7.65. The molecule has 0 aliphatic rings. The van der Waals surface area contributed by atoms with Crippen molar-refractivity contribution >= 4 is 55.0 Å². The van der Waals surface area contributed by atoms with E-state index in [1.807, 2.05) is 0 Å². The molecule has 0 N–H and O–H groups in total. The zero-order valence-corrected chi connectivity index (χ0v) is 36.2. The predicted molar refractivity (Wildman–Crippen MR) is 244 cm³/mol. The van der Waals surface area contributed by atoms with Crippen molar-refractivity contribution in [2.45, 2.75) is 130 Å². The molecule has 6 rings (SSSR count). The SMILES string of the molecule is CCCCCCOc1cc2c(cc1OCCCCCC)c1cc(-c3ccsc3)c(OCCCCCC)cc1c1cc(OCCCCCC)c(-c3ccsc3)cc21. The zero-order chi connectivity index (χ0) is 39.0. The Morgan fingerprint density at radius 1 is 0.357 bits per heavy atom. The molecule has 0 unspecified atom stereocenters. The van der Waals surface area contributed by atoms with Crippen LogP contribution in [-0.4, -0.2) is 26.4 Å². The van der Waals surface area contributed by atoms with Gasteiger partial charge < -0.3 is 18.9 Å². The van der Waals surface area contributed by atoms with E-state index in [1.54, 1.807) is 22.7 Å². The number of thiophene rings is 2. The van der Waals surface area contributed by atoms with E-state index in [0.29, 0.717) is 26.4 Å². The number of rotatable bonds is 26. The van der Waals surface area contributed by atoms with Gasteiger partial charge in [0, 0.05) is 11.1 Å². The molecule has 0 amide bonds.